The lowest BCUT2D eigenvalue weighted by Crippen LogP contribution is -2.27. The zero-order chi connectivity index (χ0) is 10.7. The minimum absolute atomic E-state index is 0.645. The molecule has 0 amide bonds. The Hall–Kier alpha value is -0.340. The summed E-state index contributed by atoms with van der Waals surface area (Å²) in [5.41, 5.74) is 2.45. The van der Waals surface area contributed by atoms with E-state index in [1.54, 1.807) is 0 Å². The van der Waals surface area contributed by atoms with Crippen LogP contribution in [0.5, 0.6) is 0 Å². The van der Waals surface area contributed by atoms with E-state index in [9.17, 15) is 0 Å². The molecular formula is C12H16ClNS. The molecule has 82 valence electrons. The smallest absolute Gasteiger partial charge is 0.0637 e. The monoisotopic (exact) mass is 241 g/mol. The van der Waals surface area contributed by atoms with E-state index in [0.29, 0.717) is 6.04 Å². The SMILES string of the molecule is CSCc1ccc(Cl)c(NC2CCC2)c1. The van der Waals surface area contributed by atoms with Crippen LogP contribution in [0.3, 0.4) is 0 Å². The van der Waals surface area contributed by atoms with Gasteiger partial charge < -0.3 is 5.32 Å². The lowest BCUT2D eigenvalue weighted by atomic mass is 9.93. The van der Waals surface area contributed by atoms with Gasteiger partial charge in [-0.15, -0.1) is 0 Å². The van der Waals surface area contributed by atoms with Crippen molar-refractivity contribution in [1.82, 2.24) is 0 Å². The number of nitrogens with one attached hydrogen (secondary N) is 1. The minimum atomic E-state index is 0.645. The molecule has 1 aromatic carbocycles. The highest BCUT2D eigenvalue weighted by Gasteiger charge is 2.17. The van der Waals surface area contributed by atoms with Gasteiger partial charge in [0.05, 0.1) is 10.7 Å². The van der Waals surface area contributed by atoms with Gasteiger partial charge in [-0.25, -0.2) is 0 Å². The molecular weight excluding hydrogens is 226 g/mol. The van der Waals surface area contributed by atoms with Crippen LogP contribution in [0.1, 0.15) is 24.8 Å². The molecule has 1 fully saturated rings. The first-order valence-electron chi connectivity index (χ1n) is 5.33. The van der Waals surface area contributed by atoms with Crippen molar-refractivity contribution >= 4 is 29.1 Å². The number of rotatable bonds is 4. The minimum Gasteiger partial charge on any atom is -0.381 e. The van der Waals surface area contributed by atoms with Crippen molar-refractivity contribution in [3.8, 4) is 0 Å². The zero-order valence-electron chi connectivity index (χ0n) is 8.92. The molecule has 1 nitrogen and oxygen atoms in total. The van der Waals surface area contributed by atoms with Crippen molar-refractivity contribution in [3.63, 3.8) is 0 Å². The van der Waals surface area contributed by atoms with Gasteiger partial charge in [0.1, 0.15) is 0 Å². The molecule has 1 aliphatic rings. The van der Waals surface area contributed by atoms with E-state index in [4.69, 9.17) is 11.6 Å². The average molecular weight is 242 g/mol. The molecule has 1 saturated carbocycles. The number of hydrogen-bond acceptors (Lipinski definition) is 2. The highest BCUT2D eigenvalue weighted by atomic mass is 35.5. The Balaban J connectivity index is 2.08. The largest absolute Gasteiger partial charge is 0.381 e. The van der Waals surface area contributed by atoms with Crippen LogP contribution in [-0.2, 0) is 5.75 Å². The fourth-order valence-electron chi connectivity index (χ4n) is 1.71. The van der Waals surface area contributed by atoms with Gasteiger partial charge in [-0.3, -0.25) is 0 Å². The summed E-state index contributed by atoms with van der Waals surface area (Å²) in [6, 6.07) is 6.92. The maximum atomic E-state index is 6.15. The summed E-state index contributed by atoms with van der Waals surface area (Å²) in [7, 11) is 0. The molecule has 1 aromatic rings. The van der Waals surface area contributed by atoms with Crippen molar-refractivity contribution in [2.24, 2.45) is 0 Å². The Morgan fingerprint density at radius 3 is 2.87 bits per heavy atom. The lowest BCUT2D eigenvalue weighted by molar-refractivity contribution is 0.445. The van der Waals surface area contributed by atoms with Crippen LogP contribution in [-0.4, -0.2) is 12.3 Å². The van der Waals surface area contributed by atoms with Gasteiger partial charge in [-0.05, 0) is 43.2 Å². The second-order valence-corrected chi connectivity index (χ2v) is 5.29. The van der Waals surface area contributed by atoms with Gasteiger partial charge in [0.15, 0.2) is 0 Å². The van der Waals surface area contributed by atoms with Crippen LogP contribution in [0.4, 0.5) is 5.69 Å². The van der Waals surface area contributed by atoms with Crippen LogP contribution >= 0.6 is 23.4 Å². The van der Waals surface area contributed by atoms with Crippen molar-refractivity contribution in [1.29, 1.82) is 0 Å². The van der Waals surface area contributed by atoms with Crippen molar-refractivity contribution < 1.29 is 0 Å². The average Bonchev–Trinajstić information content (AvgIpc) is 2.16. The van der Waals surface area contributed by atoms with Crippen LogP contribution < -0.4 is 5.32 Å². The standard InChI is InChI=1S/C12H16ClNS/c1-15-8-9-5-6-11(13)12(7-9)14-10-3-2-4-10/h5-7,10,14H,2-4,8H2,1H3. The molecule has 0 aliphatic heterocycles. The third-order valence-corrected chi connectivity index (χ3v) is 3.76. The van der Waals surface area contributed by atoms with Crippen LogP contribution in [0.25, 0.3) is 0 Å². The predicted octanol–water partition coefficient (Wildman–Crippen LogP) is 4.17. The Morgan fingerprint density at radius 2 is 2.27 bits per heavy atom. The van der Waals surface area contributed by atoms with E-state index in [1.165, 1.54) is 24.8 Å². The fourth-order valence-corrected chi connectivity index (χ4v) is 2.40. The highest BCUT2D eigenvalue weighted by Crippen LogP contribution is 2.29. The van der Waals surface area contributed by atoms with E-state index < -0.39 is 0 Å². The van der Waals surface area contributed by atoms with E-state index in [1.807, 2.05) is 17.8 Å². The number of halogens is 1. The van der Waals surface area contributed by atoms with Crippen molar-refractivity contribution in [3.05, 3.63) is 28.8 Å². The third-order valence-electron chi connectivity index (χ3n) is 2.81. The molecule has 1 N–H and O–H groups in total. The lowest BCUT2D eigenvalue weighted by Gasteiger charge is -2.28. The molecule has 0 atom stereocenters. The molecule has 0 bridgehead atoms. The molecule has 3 heteroatoms. The second kappa shape index (κ2) is 5.13. The molecule has 2 rings (SSSR count). The number of anilines is 1. The summed E-state index contributed by atoms with van der Waals surface area (Å²) in [4.78, 5) is 0. The van der Waals surface area contributed by atoms with Gasteiger partial charge >= 0.3 is 0 Å². The Labute approximate surface area is 101 Å². The fraction of sp³-hybridized carbons (Fsp3) is 0.500. The van der Waals surface area contributed by atoms with E-state index >= 15 is 0 Å². The molecule has 0 spiro atoms. The second-order valence-electron chi connectivity index (χ2n) is 4.02. The van der Waals surface area contributed by atoms with Crippen LogP contribution in [0.15, 0.2) is 18.2 Å². The number of thioether (sulfide) groups is 1. The van der Waals surface area contributed by atoms with Gasteiger partial charge in [-0.1, -0.05) is 17.7 Å². The van der Waals surface area contributed by atoms with Gasteiger partial charge in [0.2, 0.25) is 0 Å². The molecule has 0 heterocycles. The van der Waals surface area contributed by atoms with Crippen molar-refractivity contribution in [2.45, 2.75) is 31.1 Å². The summed E-state index contributed by atoms with van der Waals surface area (Å²) < 4.78 is 0. The number of benzene rings is 1. The predicted molar refractivity (Wildman–Crippen MR) is 69.9 cm³/mol. The summed E-state index contributed by atoms with van der Waals surface area (Å²) in [6.07, 6.45) is 6.03. The van der Waals surface area contributed by atoms with Gasteiger partial charge in [0, 0.05) is 11.8 Å². The van der Waals surface area contributed by atoms with E-state index in [0.717, 1.165) is 16.5 Å². The first-order chi connectivity index (χ1) is 7.29. The Kier molecular flexibility index (Phi) is 3.81. The molecule has 0 unspecified atom stereocenters. The zero-order valence-corrected chi connectivity index (χ0v) is 10.5. The maximum Gasteiger partial charge on any atom is 0.0637 e. The maximum absolute atomic E-state index is 6.15. The van der Waals surface area contributed by atoms with E-state index in [2.05, 4.69) is 23.7 Å². The van der Waals surface area contributed by atoms with Crippen LogP contribution in [0, 0.1) is 0 Å². The first kappa shape index (κ1) is 11.2. The third kappa shape index (κ3) is 2.82. The molecule has 0 radical (unpaired) electrons. The Bertz CT molecular complexity index is 336. The summed E-state index contributed by atoms with van der Waals surface area (Å²) in [5.74, 6) is 1.05. The first-order valence-corrected chi connectivity index (χ1v) is 7.10. The highest BCUT2D eigenvalue weighted by molar-refractivity contribution is 7.97. The molecule has 0 saturated heterocycles. The van der Waals surface area contributed by atoms with Gasteiger partial charge in [0.25, 0.3) is 0 Å². The Morgan fingerprint density at radius 1 is 1.47 bits per heavy atom. The number of hydrogen-bond donors (Lipinski definition) is 1. The van der Waals surface area contributed by atoms with Gasteiger partial charge in [-0.2, -0.15) is 11.8 Å². The summed E-state index contributed by atoms with van der Waals surface area (Å²) in [5, 5.41) is 4.34. The van der Waals surface area contributed by atoms with Crippen molar-refractivity contribution in [2.75, 3.05) is 11.6 Å². The topological polar surface area (TPSA) is 12.0 Å². The quantitative estimate of drug-likeness (QED) is 0.849. The van der Waals surface area contributed by atoms with Crippen LogP contribution in [0.2, 0.25) is 5.02 Å². The summed E-state index contributed by atoms with van der Waals surface area (Å²) >= 11 is 7.99. The summed E-state index contributed by atoms with van der Waals surface area (Å²) in [6.45, 7) is 0. The molecule has 1 aliphatic carbocycles. The molecule has 0 aromatic heterocycles. The molecule has 15 heavy (non-hydrogen) atoms. The normalized spacial score (nSPS) is 16.1. The van der Waals surface area contributed by atoms with E-state index in [-0.39, 0.29) is 0 Å².